The summed E-state index contributed by atoms with van der Waals surface area (Å²) in [5, 5.41) is 8.63. The number of thioether (sulfide) groups is 1. The molecule has 0 spiro atoms. The van der Waals surface area contributed by atoms with Gasteiger partial charge in [-0.3, -0.25) is 9.69 Å². The highest BCUT2D eigenvalue weighted by atomic mass is 32.2. The SMILES string of the molecule is Cc1ccc(CN2C(=O)C(=Cc3ccc(OCC(=O)O)cc3)SC2=S)cc1. The van der Waals surface area contributed by atoms with Crippen molar-refractivity contribution >= 4 is 46.3 Å². The van der Waals surface area contributed by atoms with E-state index in [0.717, 1.165) is 11.1 Å². The standard InChI is InChI=1S/C20H17NO4S2/c1-13-2-4-15(5-3-13)11-21-19(24)17(27-20(21)26)10-14-6-8-16(9-7-14)25-12-18(22)23/h2-10H,11-12H2,1H3,(H,22,23). The normalized spacial score (nSPS) is 15.4. The summed E-state index contributed by atoms with van der Waals surface area (Å²) in [6, 6.07) is 14.9. The summed E-state index contributed by atoms with van der Waals surface area (Å²) in [6.45, 7) is 2.07. The highest BCUT2D eigenvalue weighted by molar-refractivity contribution is 8.26. The smallest absolute Gasteiger partial charge is 0.341 e. The summed E-state index contributed by atoms with van der Waals surface area (Å²) in [6.07, 6.45) is 1.77. The molecule has 1 fully saturated rings. The van der Waals surface area contributed by atoms with E-state index in [0.29, 0.717) is 21.5 Å². The first kappa shape index (κ1) is 19.1. The lowest BCUT2D eigenvalue weighted by Crippen LogP contribution is -2.27. The summed E-state index contributed by atoms with van der Waals surface area (Å²) in [7, 11) is 0. The Morgan fingerprint density at radius 1 is 1.19 bits per heavy atom. The summed E-state index contributed by atoms with van der Waals surface area (Å²) in [5.41, 5.74) is 3.01. The predicted octanol–water partition coefficient (Wildman–Crippen LogP) is 3.86. The molecule has 7 heteroatoms. The molecule has 0 aliphatic carbocycles. The zero-order valence-electron chi connectivity index (χ0n) is 14.5. The molecule has 2 aromatic carbocycles. The summed E-state index contributed by atoms with van der Waals surface area (Å²) in [5.74, 6) is -0.686. The van der Waals surface area contributed by atoms with Crippen molar-refractivity contribution in [2.45, 2.75) is 13.5 Å². The van der Waals surface area contributed by atoms with Gasteiger partial charge in [-0.15, -0.1) is 0 Å². The Balaban J connectivity index is 1.70. The van der Waals surface area contributed by atoms with Crippen molar-refractivity contribution in [3.05, 3.63) is 70.1 Å². The van der Waals surface area contributed by atoms with Gasteiger partial charge in [0.05, 0.1) is 11.4 Å². The molecule has 27 heavy (non-hydrogen) atoms. The van der Waals surface area contributed by atoms with E-state index in [1.807, 2.05) is 31.2 Å². The molecule has 1 N–H and O–H groups in total. The number of carbonyl (C=O) groups is 2. The van der Waals surface area contributed by atoms with E-state index in [2.05, 4.69) is 0 Å². The lowest BCUT2D eigenvalue weighted by atomic mass is 10.1. The second-order valence-electron chi connectivity index (χ2n) is 6.00. The van der Waals surface area contributed by atoms with Crippen LogP contribution < -0.4 is 4.74 Å². The summed E-state index contributed by atoms with van der Waals surface area (Å²) in [4.78, 5) is 25.4. The molecule has 0 saturated carbocycles. The maximum Gasteiger partial charge on any atom is 0.341 e. The number of hydrogen-bond donors (Lipinski definition) is 1. The van der Waals surface area contributed by atoms with E-state index < -0.39 is 12.6 Å². The van der Waals surface area contributed by atoms with Gasteiger partial charge in [-0.25, -0.2) is 4.79 Å². The number of aryl methyl sites for hydroxylation is 1. The van der Waals surface area contributed by atoms with Gasteiger partial charge < -0.3 is 9.84 Å². The minimum atomic E-state index is -1.03. The number of carboxylic acid groups (broad SMARTS) is 1. The van der Waals surface area contributed by atoms with Crippen LogP contribution in [0.5, 0.6) is 5.75 Å². The first-order valence-electron chi connectivity index (χ1n) is 8.18. The monoisotopic (exact) mass is 399 g/mol. The molecule has 2 aromatic rings. The van der Waals surface area contributed by atoms with Crippen LogP contribution in [0.3, 0.4) is 0 Å². The Morgan fingerprint density at radius 2 is 1.85 bits per heavy atom. The van der Waals surface area contributed by atoms with Gasteiger partial charge >= 0.3 is 5.97 Å². The van der Waals surface area contributed by atoms with Crippen molar-refractivity contribution in [3.8, 4) is 5.75 Å². The second-order valence-corrected chi connectivity index (χ2v) is 7.68. The molecule has 5 nitrogen and oxygen atoms in total. The highest BCUT2D eigenvalue weighted by Crippen LogP contribution is 2.33. The second kappa shape index (κ2) is 8.37. The van der Waals surface area contributed by atoms with Crippen LogP contribution in [0.25, 0.3) is 6.08 Å². The number of thiocarbonyl (C=S) groups is 1. The third-order valence-electron chi connectivity index (χ3n) is 3.88. The molecule has 1 aliphatic rings. The largest absolute Gasteiger partial charge is 0.482 e. The molecular formula is C20H17NO4S2. The van der Waals surface area contributed by atoms with Crippen molar-refractivity contribution in [1.82, 2.24) is 4.90 Å². The van der Waals surface area contributed by atoms with E-state index in [-0.39, 0.29) is 5.91 Å². The van der Waals surface area contributed by atoms with Crippen LogP contribution >= 0.6 is 24.0 Å². The van der Waals surface area contributed by atoms with Gasteiger partial charge in [0, 0.05) is 0 Å². The average Bonchev–Trinajstić information content (AvgIpc) is 2.90. The number of nitrogens with zero attached hydrogens (tertiary/aromatic N) is 1. The fourth-order valence-electron chi connectivity index (χ4n) is 2.47. The molecule has 3 rings (SSSR count). The number of ether oxygens (including phenoxy) is 1. The highest BCUT2D eigenvalue weighted by Gasteiger charge is 2.31. The first-order valence-corrected chi connectivity index (χ1v) is 9.40. The maximum atomic E-state index is 12.7. The van der Waals surface area contributed by atoms with Gasteiger partial charge in [0.25, 0.3) is 5.91 Å². The zero-order valence-corrected chi connectivity index (χ0v) is 16.2. The molecule has 1 amide bonds. The van der Waals surface area contributed by atoms with Gasteiger partial charge in [0.1, 0.15) is 10.1 Å². The van der Waals surface area contributed by atoms with Crippen molar-refractivity contribution in [2.24, 2.45) is 0 Å². The number of benzene rings is 2. The quantitative estimate of drug-likeness (QED) is 0.588. The molecule has 1 saturated heterocycles. The average molecular weight is 399 g/mol. The molecular weight excluding hydrogens is 382 g/mol. The number of hydrogen-bond acceptors (Lipinski definition) is 5. The maximum absolute atomic E-state index is 12.7. The fraction of sp³-hybridized carbons (Fsp3) is 0.150. The van der Waals surface area contributed by atoms with E-state index in [1.165, 1.54) is 17.3 Å². The summed E-state index contributed by atoms with van der Waals surface area (Å²) >= 11 is 6.64. The Hall–Kier alpha value is -2.64. The van der Waals surface area contributed by atoms with Crippen molar-refractivity contribution < 1.29 is 19.4 Å². The minimum absolute atomic E-state index is 0.114. The molecule has 1 heterocycles. The van der Waals surface area contributed by atoms with E-state index >= 15 is 0 Å². The Labute approximate surface area is 166 Å². The van der Waals surface area contributed by atoms with Gasteiger partial charge in [-0.05, 0) is 36.3 Å². The molecule has 0 unspecified atom stereocenters. The lowest BCUT2D eigenvalue weighted by Gasteiger charge is -2.14. The lowest BCUT2D eigenvalue weighted by molar-refractivity contribution is -0.139. The van der Waals surface area contributed by atoms with Gasteiger partial charge in [0.15, 0.2) is 6.61 Å². The van der Waals surface area contributed by atoms with E-state index in [4.69, 9.17) is 22.1 Å². The zero-order chi connectivity index (χ0) is 19.4. The van der Waals surface area contributed by atoms with Crippen molar-refractivity contribution in [2.75, 3.05) is 6.61 Å². The van der Waals surface area contributed by atoms with Crippen LogP contribution in [0, 0.1) is 6.92 Å². The molecule has 0 aromatic heterocycles. The van der Waals surface area contributed by atoms with Crippen LogP contribution in [-0.2, 0) is 16.1 Å². The molecule has 138 valence electrons. The molecule has 0 atom stereocenters. The number of carboxylic acids is 1. The van der Waals surface area contributed by atoms with Gasteiger partial charge in [-0.1, -0.05) is 65.9 Å². The third kappa shape index (κ3) is 4.96. The Bertz CT molecular complexity index is 905. The van der Waals surface area contributed by atoms with Crippen LogP contribution in [0.2, 0.25) is 0 Å². The van der Waals surface area contributed by atoms with Crippen molar-refractivity contribution in [1.29, 1.82) is 0 Å². The van der Waals surface area contributed by atoms with Gasteiger partial charge in [0.2, 0.25) is 0 Å². The van der Waals surface area contributed by atoms with Crippen LogP contribution in [0.15, 0.2) is 53.4 Å². The van der Waals surface area contributed by atoms with E-state index in [1.54, 1.807) is 35.2 Å². The van der Waals surface area contributed by atoms with Gasteiger partial charge in [-0.2, -0.15) is 0 Å². The van der Waals surface area contributed by atoms with Crippen LogP contribution in [-0.4, -0.2) is 32.8 Å². The molecule has 0 radical (unpaired) electrons. The van der Waals surface area contributed by atoms with Crippen LogP contribution in [0.1, 0.15) is 16.7 Å². The molecule has 1 aliphatic heterocycles. The Morgan fingerprint density at radius 3 is 2.48 bits per heavy atom. The topological polar surface area (TPSA) is 66.8 Å². The number of amides is 1. The first-order chi connectivity index (χ1) is 12.9. The molecule has 0 bridgehead atoms. The van der Waals surface area contributed by atoms with E-state index in [9.17, 15) is 9.59 Å². The van der Waals surface area contributed by atoms with Crippen LogP contribution in [0.4, 0.5) is 0 Å². The predicted molar refractivity (Wildman–Crippen MR) is 109 cm³/mol. The summed E-state index contributed by atoms with van der Waals surface area (Å²) < 4.78 is 5.64. The Kier molecular flexibility index (Phi) is 5.93. The number of aliphatic carboxylic acids is 1. The minimum Gasteiger partial charge on any atom is -0.482 e. The van der Waals surface area contributed by atoms with Crippen molar-refractivity contribution in [3.63, 3.8) is 0 Å². The number of rotatable bonds is 6. The third-order valence-corrected chi connectivity index (χ3v) is 5.25. The number of carbonyl (C=O) groups excluding carboxylic acids is 1. The fourth-order valence-corrected chi connectivity index (χ4v) is 3.72.